The second kappa shape index (κ2) is 9.19. The molecule has 0 rings (SSSR count). The van der Waals surface area contributed by atoms with Gasteiger partial charge in [-0.05, 0) is 0 Å². The van der Waals surface area contributed by atoms with E-state index in [0.717, 1.165) is 0 Å². The minimum Gasteiger partial charge on any atom is -0.328 e. The van der Waals surface area contributed by atoms with Crippen molar-refractivity contribution in [3.8, 4) is 6.07 Å². The maximum Gasteiger partial charge on any atom is 0.291 e. The van der Waals surface area contributed by atoms with Gasteiger partial charge in [0.2, 0.25) is 0 Å². The number of nitriles is 1. The van der Waals surface area contributed by atoms with Gasteiger partial charge in [0, 0.05) is 6.42 Å². The molecule has 0 amide bonds. The van der Waals surface area contributed by atoms with E-state index in [1.807, 2.05) is 13.0 Å². The summed E-state index contributed by atoms with van der Waals surface area (Å²) in [7, 11) is 0. The second-order valence-corrected chi connectivity index (χ2v) is 0.750. The van der Waals surface area contributed by atoms with Crippen molar-refractivity contribution >= 4 is 0 Å². The Bertz CT molecular complexity index is 91.2. The molecule has 0 aliphatic carbocycles. The molecule has 0 aliphatic rings. The van der Waals surface area contributed by atoms with Crippen LogP contribution in [-0.4, -0.2) is 10.3 Å². The molecule has 0 aromatic rings. The molecular formula is C3H6N2O3. The van der Waals surface area contributed by atoms with Gasteiger partial charge in [-0.25, -0.2) is 0 Å². The molecule has 0 saturated carbocycles. The maximum atomic E-state index is 8.36. The number of hydrogen-bond donors (Lipinski definition) is 1. The Morgan fingerprint density at radius 2 is 2.12 bits per heavy atom. The normalized spacial score (nSPS) is 5.50. The summed E-state index contributed by atoms with van der Waals surface area (Å²) in [5, 5.41) is 21.3. The van der Waals surface area contributed by atoms with E-state index in [0.29, 0.717) is 6.42 Å². The van der Waals surface area contributed by atoms with E-state index in [1.54, 1.807) is 0 Å². The fourth-order valence-corrected chi connectivity index (χ4v) is 0. The topological polar surface area (TPSA) is 87.2 Å². The zero-order chi connectivity index (χ0) is 6.99. The quantitative estimate of drug-likeness (QED) is 0.372. The predicted octanol–water partition coefficient (Wildman–Crippen LogP) is 0.572. The first kappa shape index (κ1) is 9.85. The minimum atomic E-state index is -1.50. The van der Waals surface area contributed by atoms with Gasteiger partial charge in [0.25, 0.3) is 5.09 Å². The largest absolute Gasteiger partial charge is 0.328 e. The predicted molar refractivity (Wildman–Crippen MR) is 24.7 cm³/mol. The lowest BCUT2D eigenvalue weighted by Crippen LogP contribution is -1.81. The third kappa shape index (κ3) is 665. The summed E-state index contributed by atoms with van der Waals surface area (Å²) < 4.78 is 0. The first-order valence-corrected chi connectivity index (χ1v) is 1.85. The molecule has 1 N–H and O–H groups in total. The standard InChI is InChI=1S/C3H5N.HNO3/c1-2-3-4;2-1(3)4/h2H2,1H3;(H,2,3,4). The van der Waals surface area contributed by atoms with E-state index in [2.05, 4.69) is 0 Å². The van der Waals surface area contributed by atoms with Crippen LogP contribution in [0.1, 0.15) is 13.3 Å². The molecule has 0 radical (unpaired) electrons. The van der Waals surface area contributed by atoms with Crippen LogP contribution < -0.4 is 0 Å². The Kier molecular flexibility index (Phi) is 11.3. The average Bonchev–Trinajstić information content (AvgIpc) is 1.65. The third-order valence-corrected chi connectivity index (χ3v) is 0.158. The van der Waals surface area contributed by atoms with Gasteiger partial charge in [-0.1, -0.05) is 6.92 Å². The van der Waals surface area contributed by atoms with E-state index >= 15 is 0 Å². The zero-order valence-electron chi connectivity index (χ0n) is 4.37. The van der Waals surface area contributed by atoms with Crippen molar-refractivity contribution in [2.24, 2.45) is 0 Å². The zero-order valence-corrected chi connectivity index (χ0v) is 4.37. The second-order valence-electron chi connectivity index (χ2n) is 0.750. The lowest BCUT2D eigenvalue weighted by atomic mass is 10.6. The third-order valence-electron chi connectivity index (χ3n) is 0.158. The molecule has 0 saturated heterocycles. The molecule has 8 heavy (non-hydrogen) atoms. The minimum absolute atomic E-state index is 0.625. The number of hydrogen-bond acceptors (Lipinski definition) is 3. The van der Waals surface area contributed by atoms with E-state index in [-0.39, 0.29) is 0 Å². The van der Waals surface area contributed by atoms with Crippen LogP contribution in [-0.2, 0) is 0 Å². The molecular weight excluding hydrogens is 112 g/mol. The summed E-state index contributed by atoms with van der Waals surface area (Å²) in [5.41, 5.74) is 0. The molecule has 0 aromatic carbocycles. The van der Waals surface area contributed by atoms with Crippen molar-refractivity contribution in [1.82, 2.24) is 0 Å². The SMILES string of the molecule is CCC#N.O=[N+]([O-])O. The van der Waals surface area contributed by atoms with E-state index in [4.69, 9.17) is 20.6 Å². The Hall–Kier alpha value is -1.31. The van der Waals surface area contributed by atoms with Crippen LogP contribution in [0.2, 0.25) is 0 Å². The Balaban J connectivity index is 0. The van der Waals surface area contributed by atoms with Gasteiger partial charge in [-0.3, -0.25) is 0 Å². The fourth-order valence-electron chi connectivity index (χ4n) is 0. The van der Waals surface area contributed by atoms with Gasteiger partial charge in [-0.15, -0.1) is 10.1 Å². The van der Waals surface area contributed by atoms with Gasteiger partial charge in [-0.2, -0.15) is 5.26 Å². The highest BCUT2D eigenvalue weighted by atomic mass is 16.9. The average molecular weight is 118 g/mol. The van der Waals surface area contributed by atoms with Crippen molar-refractivity contribution in [1.29, 1.82) is 5.26 Å². The molecule has 5 heteroatoms. The summed E-state index contributed by atoms with van der Waals surface area (Å²) in [6, 6.07) is 1.93. The Morgan fingerprint density at radius 3 is 2.12 bits per heavy atom. The van der Waals surface area contributed by atoms with E-state index < -0.39 is 5.09 Å². The van der Waals surface area contributed by atoms with Crippen LogP contribution in [0.15, 0.2) is 0 Å². The van der Waals surface area contributed by atoms with Gasteiger partial charge in [0.05, 0.1) is 6.07 Å². The molecule has 0 spiro atoms. The summed E-state index contributed by atoms with van der Waals surface area (Å²) in [6.07, 6.45) is 0.625. The van der Waals surface area contributed by atoms with Crippen LogP contribution in [0.25, 0.3) is 0 Å². The molecule has 0 aromatic heterocycles. The van der Waals surface area contributed by atoms with Crippen molar-refractivity contribution < 1.29 is 10.3 Å². The summed E-state index contributed by atoms with van der Waals surface area (Å²) in [6.45, 7) is 1.82. The highest BCUT2D eigenvalue weighted by Gasteiger charge is 1.65. The molecule has 0 atom stereocenters. The molecule has 5 nitrogen and oxygen atoms in total. The summed E-state index contributed by atoms with van der Waals surface area (Å²) in [4.78, 5) is 8.36. The summed E-state index contributed by atoms with van der Waals surface area (Å²) >= 11 is 0. The maximum absolute atomic E-state index is 8.36. The highest BCUT2D eigenvalue weighted by Crippen LogP contribution is 1.58. The number of nitrogens with zero attached hydrogens (tertiary/aromatic N) is 2. The lowest BCUT2D eigenvalue weighted by Gasteiger charge is -1.56. The molecule has 0 fully saturated rings. The van der Waals surface area contributed by atoms with Crippen molar-refractivity contribution in [2.75, 3.05) is 0 Å². The molecule has 0 heterocycles. The van der Waals surface area contributed by atoms with E-state index in [1.165, 1.54) is 0 Å². The van der Waals surface area contributed by atoms with Crippen molar-refractivity contribution in [3.05, 3.63) is 10.1 Å². The van der Waals surface area contributed by atoms with Crippen LogP contribution in [0.4, 0.5) is 0 Å². The highest BCUT2D eigenvalue weighted by molar-refractivity contribution is 4.61. The van der Waals surface area contributed by atoms with Crippen LogP contribution in [0, 0.1) is 21.4 Å². The van der Waals surface area contributed by atoms with Crippen LogP contribution in [0.3, 0.4) is 0 Å². The molecule has 0 aliphatic heterocycles. The van der Waals surface area contributed by atoms with Crippen LogP contribution >= 0.6 is 0 Å². The number of rotatable bonds is 0. The van der Waals surface area contributed by atoms with Crippen molar-refractivity contribution in [2.45, 2.75) is 13.3 Å². The summed E-state index contributed by atoms with van der Waals surface area (Å²) in [5.74, 6) is 0. The Morgan fingerprint density at radius 1 is 2.00 bits per heavy atom. The van der Waals surface area contributed by atoms with Gasteiger partial charge in [0.15, 0.2) is 0 Å². The fraction of sp³-hybridized carbons (Fsp3) is 0.667. The molecule has 0 unspecified atom stereocenters. The van der Waals surface area contributed by atoms with Gasteiger partial charge >= 0.3 is 0 Å². The first-order chi connectivity index (χ1) is 3.65. The first-order valence-electron chi connectivity index (χ1n) is 1.85. The molecule has 46 valence electrons. The molecule has 0 bridgehead atoms. The smallest absolute Gasteiger partial charge is 0.291 e. The van der Waals surface area contributed by atoms with Gasteiger partial charge in [0.1, 0.15) is 0 Å². The van der Waals surface area contributed by atoms with E-state index in [9.17, 15) is 0 Å². The van der Waals surface area contributed by atoms with Crippen molar-refractivity contribution in [3.63, 3.8) is 0 Å². The van der Waals surface area contributed by atoms with Crippen LogP contribution in [0.5, 0.6) is 0 Å². The lowest BCUT2D eigenvalue weighted by molar-refractivity contribution is -0.742. The van der Waals surface area contributed by atoms with Gasteiger partial charge < -0.3 is 5.21 Å². The Labute approximate surface area is 46.3 Å². The monoisotopic (exact) mass is 118 g/mol.